The molecule has 0 unspecified atom stereocenters. The average molecular weight is 475 g/mol. The Kier molecular flexibility index (Phi) is 5.73. The number of aliphatic hydroxyl groups is 1. The second-order valence-electron chi connectivity index (χ2n) is 8.07. The normalized spacial score (nSPS) is 13.1. The number of alkyl halides is 3. The molecule has 3 heterocycles. The number of aromatic nitrogens is 6. The van der Waals surface area contributed by atoms with E-state index in [4.69, 9.17) is 0 Å². The molecule has 0 fully saturated rings. The Morgan fingerprint density at radius 3 is 2.35 bits per heavy atom. The van der Waals surface area contributed by atoms with Crippen LogP contribution in [0, 0.1) is 6.92 Å². The van der Waals surface area contributed by atoms with Gasteiger partial charge in [0, 0.05) is 11.8 Å². The first-order valence-electron chi connectivity index (χ1n) is 10.0. The lowest BCUT2D eigenvalue weighted by molar-refractivity contribution is -0.274. The number of carbonyl (C=O) groups is 1. The van der Waals surface area contributed by atoms with Crippen molar-refractivity contribution >= 4 is 11.6 Å². The minimum atomic E-state index is -4.83. The number of fused-ring (bicyclic) bond motifs is 1. The van der Waals surface area contributed by atoms with Crippen LogP contribution in [0.4, 0.5) is 13.2 Å². The van der Waals surface area contributed by atoms with E-state index in [9.17, 15) is 23.1 Å². The van der Waals surface area contributed by atoms with Gasteiger partial charge in [0.2, 0.25) is 0 Å². The molecule has 4 aromatic rings. The van der Waals surface area contributed by atoms with Crippen molar-refractivity contribution in [3.05, 3.63) is 65.7 Å². The van der Waals surface area contributed by atoms with Crippen LogP contribution in [0.2, 0.25) is 0 Å². The summed E-state index contributed by atoms with van der Waals surface area (Å²) in [7, 11) is 0. The zero-order chi connectivity index (χ0) is 24.7. The number of amides is 1. The Morgan fingerprint density at radius 2 is 1.76 bits per heavy atom. The topological polar surface area (TPSA) is 119 Å². The quantitative estimate of drug-likeness (QED) is 0.440. The fraction of sp³-hybridized carbons (Fsp3) is 0.286. The highest BCUT2D eigenvalue weighted by Gasteiger charge is 2.33. The van der Waals surface area contributed by atoms with Crippen molar-refractivity contribution in [3.8, 4) is 11.6 Å². The highest BCUT2D eigenvalue weighted by Crippen LogP contribution is 2.29. The molecule has 1 atom stereocenters. The van der Waals surface area contributed by atoms with Crippen molar-refractivity contribution in [3.63, 3.8) is 0 Å². The first-order chi connectivity index (χ1) is 15.9. The molecule has 178 valence electrons. The van der Waals surface area contributed by atoms with Gasteiger partial charge in [0.15, 0.2) is 11.5 Å². The molecule has 4 rings (SSSR count). The van der Waals surface area contributed by atoms with Gasteiger partial charge in [0.05, 0.1) is 30.2 Å². The van der Waals surface area contributed by atoms with Crippen molar-refractivity contribution in [2.24, 2.45) is 0 Å². The van der Waals surface area contributed by atoms with Gasteiger partial charge in [-0.25, -0.2) is 9.50 Å². The van der Waals surface area contributed by atoms with E-state index in [1.807, 2.05) is 0 Å². The van der Waals surface area contributed by atoms with Gasteiger partial charge in [-0.2, -0.15) is 15.3 Å². The first-order valence-corrected chi connectivity index (χ1v) is 10.0. The van der Waals surface area contributed by atoms with E-state index in [2.05, 4.69) is 30.3 Å². The molecule has 1 amide bonds. The number of halogens is 3. The van der Waals surface area contributed by atoms with Crippen molar-refractivity contribution < 1.29 is 27.8 Å². The van der Waals surface area contributed by atoms with E-state index >= 15 is 0 Å². The Morgan fingerprint density at radius 1 is 1.12 bits per heavy atom. The van der Waals surface area contributed by atoms with Crippen molar-refractivity contribution in [2.45, 2.75) is 38.8 Å². The summed E-state index contributed by atoms with van der Waals surface area (Å²) in [5.41, 5.74) is -0.0102. The zero-order valence-electron chi connectivity index (χ0n) is 18.3. The van der Waals surface area contributed by atoms with E-state index in [1.54, 1.807) is 13.1 Å². The molecule has 0 spiro atoms. The predicted octanol–water partition coefficient (Wildman–Crippen LogP) is 2.76. The highest BCUT2D eigenvalue weighted by atomic mass is 19.4. The predicted molar refractivity (Wildman–Crippen MR) is 112 cm³/mol. The average Bonchev–Trinajstić information content (AvgIpc) is 3.39. The molecule has 1 aromatic carbocycles. The largest absolute Gasteiger partial charge is 0.573 e. The number of hydrogen-bond donors (Lipinski definition) is 2. The maximum absolute atomic E-state index is 13.2. The molecule has 3 aromatic heterocycles. The smallest absolute Gasteiger partial charge is 0.406 e. The van der Waals surface area contributed by atoms with Crippen molar-refractivity contribution in [2.75, 3.05) is 0 Å². The number of benzene rings is 1. The summed E-state index contributed by atoms with van der Waals surface area (Å²) in [5.74, 6) is -0.598. The summed E-state index contributed by atoms with van der Waals surface area (Å²) in [6, 6.07) is 3.92. The Labute approximate surface area is 191 Å². The lowest BCUT2D eigenvalue weighted by Gasteiger charge is -2.30. The van der Waals surface area contributed by atoms with Crippen LogP contribution in [-0.2, 0) is 0 Å². The van der Waals surface area contributed by atoms with Crippen LogP contribution in [0.5, 0.6) is 5.75 Å². The molecule has 34 heavy (non-hydrogen) atoms. The van der Waals surface area contributed by atoms with E-state index in [1.165, 1.54) is 53.9 Å². The fourth-order valence-electron chi connectivity index (χ4n) is 3.42. The molecule has 10 nitrogen and oxygen atoms in total. The summed E-state index contributed by atoms with van der Waals surface area (Å²) >= 11 is 0. The van der Waals surface area contributed by atoms with Gasteiger partial charge in [-0.1, -0.05) is 12.1 Å². The second kappa shape index (κ2) is 8.41. The number of carbonyl (C=O) groups excluding carboxylic acids is 1. The summed E-state index contributed by atoms with van der Waals surface area (Å²) in [6.07, 6.45) is 1.16. The van der Waals surface area contributed by atoms with Gasteiger partial charge in [0.25, 0.3) is 5.91 Å². The lowest BCUT2D eigenvalue weighted by Crippen LogP contribution is -2.42. The minimum Gasteiger partial charge on any atom is -0.406 e. The van der Waals surface area contributed by atoms with Gasteiger partial charge >= 0.3 is 6.36 Å². The third-order valence-electron chi connectivity index (χ3n) is 4.93. The van der Waals surface area contributed by atoms with Crippen LogP contribution in [0.25, 0.3) is 11.5 Å². The summed E-state index contributed by atoms with van der Waals surface area (Å²) < 4.78 is 42.7. The summed E-state index contributed by atoms with van der Waals surface area (Å²) in [6.45, 7) is 4.73. The SMILES string of the molecule is Cc1cn2ncc(C(=O)N[C@@H](c3ccc(OC(F)(F)F)cc3)C(C)(C)O)c2nc1-n1nccn1. The number of aryl methyl sites for hydroxylation is 1. The third-order valence-corrected chi connectivity index (χ3v) is 4.93. The molecule has 0 saturated carbocycles. The number of ether oxygens (including phenoxy) is 1. The molecule has 0 radical (unpaired) electrons. The maximum Gasteiger partial charge on any atom is 0.573 e. The third kappa shape index (κ3) is 4.83. The van der Waals surface area contributed by atoms with Crippen LogP contribution in [0.1, 0.15) is 41.4 Å². The maximum atomic E-state index is 13.2. The zero-order valence-corrected chi connectivity index (χ0v) is 18.3. The summed E-state index contributed by atoms with van der Waals surface area (Å²) in [4.78, 5) is 19.0. The van der Waals surface area contributed by atoms with Gasteiger partial charge in [-0.15, -0.1) is 18.0 Å². The molecule has 2 N–H and O–H groups in total. The van der Waals surface area contributed by atoms with Crippen LogP contribution in [0.15, 0.2) is 49.1 Å². The van der Waals surface area contributed by atoms with E-state index < -0.39 is 29.7 Å². The van der Waals surface area contributed by atoms with Crippen molar-refractivity contribution in [1.29, 1.82) is 0 Å². The molecule has 0 aliphatic carbocycles. The number of nitrogens with one attached hydrogen (secondary N) is 1. The van der Waals surface area contributed by atoms with Crippen LogP contribution in [-0.4, -0.2) is 52.6 Å². The number of nitrogens with zero attached hydrogens (tertiary/aromatic N) is 6. The van der Waals surface area contributed by atoms with Crippen LogP contribution < -0.4 is 10.1 Å². The monoisotopic (exact) mass is 475 g/mol. The molecular weight excluding hydrogens is 455 g/mol. The van der Waals surface area contributed by atoms with Gasteiger partial charge in [-0.3, -0.25) is 4.79 Å². The molecule has 0 aliphatic rings. The molecule has 13 heteroatoms. The van der Waals surface area contributed by atoms with Gasteiger partial charge in [0.1, 0.15) is 11.3 Å². The number of hydrogen-bond acceptors (Lipinski definition) is 7. The molecule has 0 saturated heterocycles. The highest BCUT2D eigenvalue weighted by molar-refractivity contribution is 6.00. The Bertz CT molecular complexity index is 1310. The first kappa shape index (κ1) is 23.2. The summed E-state index contributed by atoms with van der Waals surface area (Å²) in [5, 5.41) is 25.7. The van der Waals surface area contributed by atoms with Gasteiger partial charge in [-0.05, 0) is 38.5 Å². The van der Waals surface area contributed by atoms with Gasteiger partial charge < -0.3 is 15.2 Å². The molecule has 0 bridgehead atoms. The van der Waals surface area contributed by atoms with E-state index in [0.717, 1.165) is 12.1 Å². The van der Waals surface area contributed by atoms with E-state index in [-0.39, 0.29) is 11.2 Å². The fourth-order valence-corrected chi connectivity index (χ4v) is 3.42. The standard InChI is InChI=1S/C21H20F3N7O3/c1-12-11-30-18(29-17(12)31-25-8-9-26-31)15(10-27-30)19(32)28-16(20(2,3)33)13-4-6-14(7-5-13)34-21(22,23)24/h4-11,16,33H,1-3H3,(H,28,32)/t16-/m0/s1. The number of rotatable bonds is 6. The minimum absolute atomic E-state index is 0.125. The van der Waals surface area contributed by atoms with E-state index in [0.29, 0.717) is 16.9 Å². The molecular formula is C21H20F3N7O3. The van der Waals surface area contributed by atoms with Crippen LogP contribution in [0.3, 0.4) is 0 Å². The lowest BCUT2D eigenvalue weighted by atomic mass is 9.91. The van der Waals surface area contributed by atoms with Crippen LogP contribution >= 0.6 is 0 Å². The molecule has 0 aliphatic heterocycles. The Balaban J connectivity index is 1.64. The second-order valence-corrected chi connectivity index (χ2v) is 8.07. The van der Waals surface area contributed by atoms with Crippen molar-refractivity contribution in [1.82, 2.24) is 34.9 Å². The Hall–Kier alpha value is -4.00.